The van der Waals surface area contributed by atoms with E-state index in [9.17, 15) is 0 Å². The smallest absolute Gasteiger partial charge is 0.134 e. The van der Waals surface area contributed by atoms with E-state index in [2.05, 4.69) is 20.3 Å². The average molecular weight is 175 g/mol. The lowest BCUT2D eigenvalue weighted by atomic mass is 10.3. The highest BCUT2D eigenvalue weighted by molar-refractivity contribution is 5.88. The summed E-state index contributed by atoms with van der Waals surface area (Å²) in [6, 6.07) is 1.82. The van der Waals surface area contributed by atoms with Crippen LogP contribution in [0, 0.1) is 0 Å². The fourth-order valence-electron chi connectivity index (χ4n) is 1.12. The van der Waals surface area contributed by atoms with E-state index in [0.29, 0.717) is 5.82 Å². The molecule has 13 heavy (non-hydrogen) atoms. The first-order chi connectivity index (χ1) is 6.31. The molecule has 66 valence electrons. The Balaban J connectivity index is 2.74. The molecule has 0 aliphatic heterocycles. The molecule has 0 saturated carbocycles. The molecule has 0 radical (unpaired) electrons. The zero-order valence-electron chi connectivity index (χ0n) is 7.15. The van der Waals surface area contributed by atoms with Crippen LogP contribution in [0.1, 0.15) is 0 Å². The molecular weight excluding hydrogens is 166 g/mol. The molecule has 0 atom stereocenters. The summed E-state index contributed by atoms with van der Waals surface area (Å²) in [6.45, 7) is 0. The molecule has 5 nitrogen and oxygen atoms in total. The summed E-state index contributed by atoms with van der Waals surface area (Å²) in [6.07, 6.45) is 3.09. The van der Waals surface area contributed by atoms with Crippen LogP contribution in [-0.2, 0) is 0 Å². The number of rotatable bonds is 1. The van der Waals surface area contributed by atoms with Gasteiger partial charge in [0.05, 0.1) is 11.7 Å². The van der Waals surface area contributed by atoms with Gasteiger partial charge < -0.3 is 11.1 Å². The van der Waals surface area contributed by atoms with Gasteiger partial charge in [0.15, 0.2) is 0 Å². The van der Waals surface area contributed by atoms with Gasteiger partial charge in [0.2, 0.25) is 0 Å². The van der Waals surface area contributed by atoms with Crippen LogP contribution in [0.3, 0.4) is 0 Å². The van der Waals surface area contributed by atoms with Crippen LogP contribution in [0.25, 0.3) is 10.9 Å². The molecule has 2 aromatic heterocycles. The van der Waals surface area contributed by atoms with Crippen LogP contribution in [0.2, 0.25) is 0 Å². The number of anilines is 2. The number of pyridine rings is 1. The Bertz CT molecular complexity index is 439. The summed E-state index contributed by atoms with van der Waals surface area (Å²) in [4.78, 5) is 12.0. The largest absolute Gasteiger partial charge is 0.383 e. The van der Waals surface area contributed by atoms with Gasteiger partial charge >= 0.3 is 0 Å². The van der Waals surface area contributed by atoms with Crippen molar-refractivity contribution in [2.45, 2.75) is 0 Å². The minimum absolute atomic E-state index is 0.476. The van der Waals surface area contributed by atoms with E-state index in [1.807, 2.05) is 6.07 Å². The van der Waals surface area contributed by atoms with Crippen LogP contribution in [0.15, 0.2) is 18.6 Å². The predicted molar refractivity (Wildman–Crippen MR) is 51.3 cm³/mol. The first kappa shape index (κ1) is 7.72. The van der Waals surface area contributed by atoms with Crippen LogP contribution in [0.4, 0.5) is 11.6 Å². The highest BCUT2D eigenvalue weighted by Gasteiger charge is 2.00. The molecule has 2 heterocycles. The third kappa shape index (κ3) is 1.24. The normalized spacial score (nSPS) is 10.2. The summed E-state index contributed by atoms with van der Waals surface area (Å²) in [7, 11) is 1.80. The average Bonchev–Trinajstić information content (AvgIpc) is 2.18. The summed E-state index contributed by atoms with van der Waals surface area (Å²) >= 11 is 0. The third-order valence-corrected chi connectivity index (χ3v) is 1.81. The van der Waals surface area contributed by atoms with Crippen LogP contribution in [0.5, 0.6) is 0 Å². The van der Waals surface area contributed by atoms with E-state index in [1.165, 1.54) is 6.33 Å². The second kappa shape index (κ2) is 2.85. The van der Waals surface area contributed by atoms with Gasteiger partial charge in [0.1, 0.15) is 18.0 Å². The zero-order chi connectivity index (χ0) is 9.26. The SMILES string of the molecule is CNc1cc2c(N)ncnc2cn1. The van der Waals surface area contributed by atoms with Gasteiger partial charge in [-0.25, -0.2) is 15.0 Å². The van der Waals surface area contributed by atoms with Gasteiger partial charge in [0.25, 0.3) is 0 Å². The molecule has 0 spiro atoms. The highest BCUT2D eigenvalue weighted by Crippen LogP contribution is 2.17. The van der Waals surface area contributed by atoms with Crippen molar-refractivity contribution in [2.75, 3.05) is 18.1 Å². The molecule has 2 rings (SSSR count). The molecule has 0 aliphatic carbocycles. The minimum Gasteiger partial charge on any atom is -0.383 e. The number of nitrogens with one attached hydrogen (secondary N) is 1. The lowest BCUT2D eigenvalue weighted by Crippen LogP contribution is -1.96. The maximum Gasteiger partial charge on any atom is 0.134 e. The number of hydrogen-bond donors (Lipinski definition) is 2. The van der Waals surface area contributed by atoms with Gasteiger partial charge in [0, 0.05) is 12.4 Å². The maximum absolute atomic E-state index is 5.67. The lowest BCUT2D eigenvalue weighted by molar-refractivity contribution is 1.21. The Morgan fingerprint density at radius 1 is 1.31 bits per heavy atom. The van der Waals surface area contributed by atoms with Crippen molar-refractivity contribution in [2.24, 2.45) is 0 Å². The fraction of sp³-hybridized carbons (Fsp3) is 0.125. The molecule has 0 saturated heterocycles. The Hall–Kier alpha value is -1.91. The zero-order valence-corrected chi connectivity index (χ0v) is 7.15. The van der Waals surface area contributed by atoms with Gasteiger partial charge in [-0.2, -0.15) is 0 Å². The van der Waals surface area contributed by atoms with Crippen molar-refractivity contribution >= 4 is 22.5 Å². The van der Waals surface area contributed by atoms with E-state index < -0.39 is 0 Å². The molecule has 3 N–H and O–H groups in total. The molecular formula is C8H9N5. The maximum atomic E-state index is 5.67. The topological polar surface area (TPSA) is 76.7 Å². The van der Waals surface area contributed by atoms with E-state index in [-0.39, 0.29) is 0 Å². The monoisotopic (exact) mass is 175 g/mol. The number of aromatic nitrogens is 3. The van der Waals surface area contributed by atoms with Gasteiger partial charge in [-0.3, -0.25) is 0 Å². The molecule has 0 aliphatic rings. The molecule has 0 bridgehead atoms. The van der Waals surface area contributed by atoms with Gasteiger partial charge in [-0.05, 0) is 6.07 Å². The van der Waals surface area contributed by atoms with Crippen LogP contribution >= 0.6 is 0 Å². The van der Waals surface area contributed by atoms with Crippen molar-refractivity contribution in [3.8, 4) is 0 Å². The quantitative estimate of drug-likeness (QED) is 0.665. The number of fused-ring (bicyclic) bond motifs is 1. The molecule has 0 fully saturated rings. The standard InChI is InChI=1S/C8H9N5/c1-10-7-2-5-6(3-11-7)12-4-13-8(5)9/h2-4H,1H3,(H,10,11)(H2,9,12,13). The predicted octanol–water partition coefficient (Wildman–Crippen LogP) is 0.649. The van der Waals surface area contributed by atoms with Crippen molar-refractivity contribution < 1.29 is 0 Å². The Morgan fingerprint density at radius 3 is 2.92 bits per heavy atom. The third-order valence-electron chi connectivity index (χ3n) is 1.81. The summed E-state index contributed by atoms with van der Waals surface area (Å²) < 4.78 is 0. The second-order valence-corrected chi connectivity index (χ2v) is 2.60. The number of nitrogens with zero attached hydrogens (tertiary/aromatic N) is 3. The first-order valence-corrected chi connectivity index (χ1v) is 3.85. The Labute approximate surface area is 75.0 Å². The second-order valence-electron chi connectivity index (χ2n) is 2.60. The van der Waals surface area contributed by atoms with Crippen LogP contribution < -0.4 is 11.1 Å². The number of nitrogen functional groups attached to an aromatic ring is 1. The van der Waals surface area contributed by atoms with E-state index in [1.54, 1.807) is 13.2 Å². The fourth-order valence-corrected chi connectivity index (χ4v) is 1.12. The van der Waals surface area contributed by atoms with Crippen molar-refractivity contribution in [1.82, 2.24) is 15.0 Å². The van der Waals surface area contributed by atoms with Crippen LogP contribution in [-0.4, -0.2) is 22.0 Å². The van der Waals surface area contributed by atoms with Crippen molar-refractivity contribution in [3.63, 3.8) is 0 Å². The summed E-state index contributed by atoms with van der Waals surface area (Å²) in [5, 5.41) is 3.75. The molecule has 0 unspecified atom stereocenters. The van der Waals surface area contributed by atoms with Crippen molar-refractivity contribution in [1.29, 1.82) is 0 Å². The summed E-state index contributed by atoms with van der Waals surface area (Å²) in [5.41, 5.74) is 6.43. The van der Waals surface area contributed by atoms with E-state index in [0.717, 1.165) is 16.7 Å². The lowest BCUT2D eigenvalue weighted by Gasteiger charge is -2.02. The van der Waals surface area contributed by atoms with E-state index in [4.69, 9.17) is 5.73 Å². The number of hydrogen-bond acceptors (Lipinski definition) is 5. The van der Waals surface area contributed by atoms with Gasteiger partial charge in [-0.15, -0.1) is 0 Å². The Morgan fingerprint density at radius 2 is 2.15 bits per heavy atom. The molecule has 2 aromatic rings. The van der Waals surface area contributed by atoms with E-state index >= 15 is 0 Å². The van der Waals surface area contributed by atoms with Gasteiger partial charge in [-0.1, -0.05) is 0 Å². The molecule has 5 heteroatoms. The minimum atomic E-state index is 0.476. The number of nitrogens with two attached hydrogens (primary N) is 1. The molecule has 0 amide bonds. The Kier molecular flexibility index (Phi) is 1.70. The highest BCUT2D eigenvalue weighted by atomic mass is 15.0. The van der Waals surface area contributed by atoms with Crippen molar-refractivity contribution in [3.05, 3.63) is 18.6 Å². The molecule has 0 aromatic carbocycles. The summed E-state index contributed by atoms with van der Waals surface area (Å²) in [5.74, 6) is 1.23. The first-order valence-electron chi connectivity index (χ1n) is 3.85.